The van der Waals surface area contributed by atoms with Gasteiger partial charge in [0.1, 0.15) is 0 Å². The maximum Gasteiger partial charge on any atom is 0.236 e. The Balaban J connectivity index is 1.81. The molecule has 0 aliphatic carbocycles. The van der Waals surface area contributed by atoms with Gasteiger partial charge in [-0.25, -0.2) is 0 Å². The second-order valence-corrected chi connectivity index (χ2v) is 6.05. The molecule has 116 valence electrons. The normalized spacial score (nSPS) is 27.2. The third-order valence-corrected chi connectivity index (χ3v) is 4.13. The second-order valence-electron chi connectivity index (χ2n) is 6.05. The fraction of sp³-hybridized carbons (Fsp3) is 0.933. The molecule has 2 saturated heterocycles. The minimum absolute atomic E-state index is 0.170. The lowest BCUT2D eigenvalue weighted by Crippen LogP contribution is -2.49. The van der Waals surface area contributed by atoms with Gasteiger partial charge in [0.05, 0.1) is 19.3 Å². The number of hydrogen-bond acceptors (Lipinski definition) is 4. The van der Waals surface area contributed by atoms with Gasteiger partial charge in [-0.15, -0.1) is 0 Å². The Hall–Kier alpha value is -0.650. The van der Waals surface area contributed by atoms with Crippen LogP contribution in [0.1, 0.15) is 33.1 Å². The maximum absolute atomic E-state index is 12.4. The lowest BCUT2D eigenvalue weighted by atomic mass is 10.2. The summed E-state index contributed by atoms with van der Waals surface area (Å²) < 4.78 is 5.50. The molecule has 0 aromatic rings. The minimum atomic E-state index is 0.170. The van der Waals surface area contributed by atoms with Crippen LogP contribution in [0.3, 0.4) is 0 Å². The first-order valence-electron chi connectivity index (χ1n) is 8.04. The first-order valence-corrected chi connectivity index (χ1v) is 8.04. The van der Waals surface area contributed by atoms with Gasteiger partial charge >= 0.3 is 0 Å². The standard InChI is InChI=1S/C15H29N3O2/c1-3-7-17(11-14-5-4-6-16-14)12-15(19)18-8-9-20-13(2)10-18/h13-14,16H,3-12H2,1-2H3. The number of nitrogens with zero attached hydrogens (tertiary/aromatic N) is 2. The van der Waals surface area contributed by atoms with Crippen molar-refractivity contribution in [1.82, 2.24) is 15.1 Å². The van der Waals surface area contributed by atoms with Crippen LogP contribution < -0.4 is 5.32 Å². The molecule has 0 spiro atoms. The molecule has 2 rings (SSSR count). The molecule has 5 heteroatoms. The van der Waals surface area contributed by atoms with E-state index in [1.807, 2.05) is 11.8 Å². The Kier molecular flexibility index (Phi) is 6.26. The number of ether oxygens (including phenoxy) is 1. The van der Waals surface area contributed by atoms with E-state index in [1.165, 1.54) is 12.8 Å². The van der Waals surface area contributed by atoms with E-state index in [9.17, 15) is 4.79 Å². The van der Waals surface area contributed by atoms with Crippen LogP contribution in [0, 0.1) is 0 Å². The Morgan fingerprint density at radius 3 is 3.00 bits per heavy atom. The van der Waals surface area contributed by atoms with Crippen LogP contribution in [0.4, 0.5) is 0 Å². The number of carbonyl (C=O) groups excluding carboxylic acids is 1. The fourth-order valence-electron chi connectivity index (χ4n) is 3.11. The molecular formula is C15H29N3O2. The highest BCUT2D eigenvalue weighted by Gasteiger charge is 2.24. The third-order valence-electron chi connectivity index (χ3n) is 4.13. The molecule has 0 radical (unpaired) electrons. The van der Waals surface area contributed by atoms with Crippen LogP contribution in [-0.2, 0) is 9.53 Å². The van der Waals surface area contributed by atoms with E-state index in [0.717, 1.165) is 39.1 Å². The summed E-state index contributed by atoms with van der Waals surface area (Å²) in [4.78, 5) is 16.7. The summed E-state index contributed by atoms with van der Waals surface area (Å²) >= 11 is 0. The molecule has 0 aromatic carbocycles. The van der Waals surface area contributed by atoms with Crippen LogP contribution in [0.15, 0.2) is 0 Å². The van der Waals surface area contributed by atoms with Gasteiger partial charge in [0, 0.05) is 25.7 Å². The van der Waals surface area contributed by atoms with Crippen LogP contribution in [0.25, 0.3) is 0 Å². The SMILES string of the molecule is CCCN(CC(=O)N1CCOC(C)C1)CC1CCCN1. The predicted octanol–water partition coefficient (Wildman–Crippen LogP) is 0.698. The van der Waals surface area contributed by atoms with E-state index in [-0.39, 0.29) is 12.0 Å². The Bertz CT molecular complexity index is 305. The van der Waals surface area contributed by atoms with E-state index in [1.54, 1.807) is 0 Å². The Morgan fingerprint density at radius 1 is 1.50 bits per heavy atom. The van der Waals surface area contributed by atoms with Crippen molar-refractivity contribution in [2.24, 2.45) is 0 Å². The zero-order chi connectivity index (χ0) is 14.4. The quantitative estimate of drug-likeness (QED) is 0.779. The van der Waals surface area contributed by atoms with E-state index >= 15 is 0 Å². The summed E-state index contributed by atoms with van der Waals surface area (Å²) in [5.74, 6) is 0.256. The molecule has 2 heterocycles. The van der Waals surface area contributed by atoms with E-state index in [2.05, 4.69) is 17.1 Å². The van der Waals surface area contributed by atoms with Gasteiger partial charge in [0.25, 0.3) is 0 Å². The Labute approximate surface area is 122 Å². The highest BCUT2D eigenvalue weighted by atomic mass is 16.5. The van der Waals surface area contributed by atoms with Gasteiger partial charge in [-0.05, 0) is 39.3 Å². The van der Waals surface area contributed by atoms with E-state index in [4.69, 9.17) is 4.74 Å². The molecule has 20 heavy (non-hydrogen) atoms. The van der Waals surface area contributed by atoms with Gasteiger partial charge in [0.2, 0.25) is 5.91 Å². The summed E-state index contributed by atoms with van der Waals surface area (Å²) in [5.41, 5.74) is 0. The first kappa shape index (κ1) is 15.7. The summed E-state index contributed by atoms with van der Waals surface area (Å²) in [5, 5.41) is 3.52. The number of nitrogens with one attached hydrogen (secondary N) is 1. The number of carbonyl (C=O) groups is 1. The topological polar surface area (TPSA) is 44.8 Å². The van der Waals surface area contributed by atoms with Crippen LogP contribution in [-0.4, -0.2) is 73.7 Å². The van der Waals surface area contributed by atoms with Gasteiger partial charge in [-0.3, -0.25) is 9.69 Å². The van der Waals surface area contributed by atoms with Gasteiger partial charge in [-0.2, -0.15) is 0 Å². The van der Waals surface area contributed by atoms with Crippen LogP contribution in [0.2, 0.25) is 0 Å². The van der Waals surface area contributed by atoms with Crippen molar-refractivity contribution in [1.29, 1.82) is 0 Å². The molecule has 5 nitrogen and oxygen atoms in total. The molecule has 0 bridgehead atoms. The average molecular weight is 283 g/mol. The zero-order valence-electron chi connectivity index (χ0n) is 12.9. The molecular weight excluding hydrogens is 254 g/mol. The molecule has 1 N–H and O–H groups in total. The maximum atomic E-state index is 12.4. The van der Waals surface area contributed by atoms with Crippen molar-refractivity contribution >= 4 is 5.91 Å². The highest BCUT2D eigenvalue weighted by molar-refractivity contribution is 5.78. The Morgan fingerprint density at radius 2 is 2.35 bits per heavy atom. The van der Waals surface area contributed by atoms with Crippen molar-refractivity contribution in [3.05, 3.63) is 0 Å². The molecule has 2 aliphatic heterocycles. The third kappa shape index (κ3) is 4.72. The van der Waals surface area contributed by atoms with E-state index in [0.29, 0.717) is 19.2 Å². The summed E-state index contributed by atoms with van der Waals surface area (Å²) in [6.45, 7) is 10.0. The van der Waals surface area contributed by atoms with Crippen molar-refractivity contribution in [3.8, 4) is 0 Å². The largest absolute Gasteiger partial charge is 0.375 e. The minimum Gasteiger partial charge on any atom is -0.375 e. The van der Waals surface area contributed by atoms with Crippen molar-refractivity contribution < 1.29 is 9.53 Å². The highest BCUT2D eigenvalue weighted by Crippen LogP contribution is 2.09. The summed E-state index contributed by atoms with van der Waals surface area (Å²) in [6, 6.07) is 0.568. The molecule has 2 atom stereocenters. The monoisotopic (exact) mass is 283 g/mol. The lowest BCUT2D eigenvalue weighted by Gasteiger charge is -2.33. The number of morpholine rings is 1. The molecule has 0 saturated carbocycles. The second kappa shape index (κ2) is 7.96. The fourth-order valence-corrected chi connectivity index (χ4v) is 3.11. The number of amides is 1. The zero-order valence-corrected chi connectivity index (χ0v) is 12.9. The predicted molar refractivity (Wildman–Crippen MR) is 79.7 cm³/mol. The number of rotatable bonds is 6. The van der Waals surface area contributed by atoms with Crippen molar-refractivity contribution in [2.45, 2.75) is 45.3 Å². The van der Waals surface area contributed by atoms with Gasteiger partial charge in [-0.1, -0.05) is 6.92 Å². The van der Waals surface area contributed by atoms with Crippen molar-refractivity contribution in [3.63, 3.8) is 0 Å². The molecule has 1 amide bonds. The van der Waals surface area contributed by atoms with Crippen LogP contribution in [0.5, 0.6) is 0 Å². The van der Waals surface area contributed by atoms with Crippen LogP contribution >= 0.6 is 0 Å². The number of hydrogen-bond donors (Lipinski definition) is 1. The average Bonchev–Trinajstić information content (AvgIpc) is 2.92. The molecule has 2 aliphatic rings. The summed E-state index contributed by atoms with van der Waals surface area (Å²) in [7, 11) is 0. The van der Waals surface area contributed by atoms with E-state index < -0.39 is 0 Å². The van der Waals surface area contributed by atoms with Gasteiger partial charge < -0.3 is 15.0 Å². The molecule has 2 fully saturated rings. The first-order chi connectivity index (χ1) is 9.69. The molecule has 2 unspecified atom stereocenters. The summed E-state index contributed by atoms with van der Waals surface area (Å²) in [6.07, 6.45) is 3.77. The smallest absolute Gasteiger partial charge is 0.236 e. The van der Waals surface area contributed by atoms with Crippen molar-refractivity contribution in [2.75, 3.05) is 45.9 Å². The van der Waals surface area contributed by atoms with Gasteiger partial charge in [0.15, 0.2) is 0 Å². The lowest BCUT2D eigenvalue weighted by molar-refractivity contribution is -0.139. The molecule has 0 aromatic heterocycles.